The molecule has 1 saturated heterocycles. The second-order valence-electron chi connectivity index (χ2n) is 7.69. The van der Waals surface area contributed by atoms with Crippen molar-refractivity contribution in [3.63, 3.8) is 0 Å². The molecule has 26 heavy (non-hydrogen) atoms. The van der Waals surface area contributed by atoms with E-state index >= 15 is 0 Å². The van der Waals surface area contributed by atoms with Gasteiger partial charge in [0.05, 0.1) is 7.11 Å². The van der Waals surface area contributed by atoms with Crippen molar-refractivity contribution in [3.05, 3.63) is 29.8 Å². The van der Waals surface area contributed by atoms with Gasteiger partial charge in [-0.1, -0.05) is 12.1 Å². The summed E-state index contributed by atoms with van der Waals surface area (Å²) < 4.78 is 10.6. The molecule has 2 amide bonds. The van der Waals surface area contributed by atoms with E-state index < -0.39 is 17.7 Å². The zero-order valence-electron chi connectivity index (χ0n) is 16.4. The van der Waals surface area contributed by atoms with E-state index in [0.29, 0.717) is 19.5 Å². The third-order valence-corrected chi connectivity index (χ3v) is 4.44. The fourth-order valence-electron chi connectivity index (χ4n) is 3.02. The quantitative estimate of drug-likeness (QED) is 0.808. The Balaban J connectivity index is 1.92. The normalized spacial score (nSPS) is 17.1. The molecule has 0 spiro atoms. The molecule has 1 aromatic rings. The van der Waals surface area contributed by atoms with Crippen LogP contribution in [0.5, 0.6) is 5.75 Å². The number of likely N-dealkylation sites (N-methyl/N-ethyl adjacent to an activating group) is 1. The highest BCUT2D eigenvalue weighted by Crippen LogP contribution is 2.22. The van der Waals surface area contributed by atoms with Crippen molar-refractivity contribution < 1.29 is 19.1 Å². The third kappa shape index (κ3) is 5.38. The third-order valence-electron chi connectivity index (χ3n) is 4.44. The number of benzene rings is 1. The van der Waals surface area contributed by atoms with Crippen LogP contribution in [0.15, 0.2) is 24.3 Å². The van der Waals surface area contributed by atoms with Crippen LogP contribution < -0.4 is 4.74 Å². The Kier molecular flexibility index (Phi) is 6.51. The molecule has 6 nitrogen and oxygen atoms in total. The van der Waals surface area contributed by atoms with Gasteiger partial charge in [-0.05, 0) is 57.7 Å². The van der Waals surface area contributed by atoms with E-state index in [2.05, 4.69) is 0 Å². The first-order valence-corrected chi connectivity index (χ1v) is 9.09. The number of carbonyl (C=O) groups is 2. The predicted molar refractivity (Wildman–Crippen MR) is 100 cm³/mol. The van der Waals surface area contributed by atoms with Crippen molar-refractivity contribution in [2.45, 2.75) is 51.7 Å². The highest BCUT2D eigenvalue weighted by atomic mass is 16.6. The topological polar surface area (TPSA) is 59.1 Å². The Hall–Kier alpha value is -2.24. The van der Waals surface area contributed by atoms with Gasteiger partial charge in [-0.3, -0.25) is 9.69 Å². The van der Waals surface area contributed by atoms with E-state index in [0.717, 1.165) is 24.2 Å². The molecule has 1 atom stereocenters. The lowest BCUT2D eigenvalue weighted by atomic mass is 10.1. The minimum absolute atomic E-state index is 0.0260. The van der Waals surface area contributed by atoms with Gasteiger partial charge in [-0.2, -0.15) is 0 Å². The summed E-state index contributed by atoms with van der Waals surface area (Å²) in [6.45, 7) is 6.66. The summed E-state index contributed by atoms with van der Waals surface area (Å²) in [7, 11) is 3.43. The zero-order chi connectivity index (χ0) is 19.3. The van der Waals surface area contributed by atoms with Gasteiger partial charge >= 0.3 is 6.09 Å². The maximum atomic E-state index is 12.8. The SMILES string of the molecule is COc1ccc(CCN(C)C(=O)C2CCCN2C(=O)OC(C)(C)C)cc1. The maximum Gasteiger partial charge on any atom is 0.410 e. The van der Waals surface area contributed by atoms with Crippen molar-refractivity contribution in [1.82, 2.24) is 9.80 Å². The van der Waals surface area contributed by atoms with Gasteiger partial charge in [0, 0.05) is 20.1 Å². The standard InChI is InChI=1S/C20H30N2O4/c1-20(2,3)26-19(24)22-13-6-7-17(22)18(23)21(4)14-12-15-8-10-16(25-5)11-9-15/h8-11,17H,6-7,12-14H2,1-5H3. The monoisotopic (exact) mass is 362 g/mol. The second kappa shape index (κ2) is 8.43. The van der Waals surface area contributed by atoms with Gasteiger partial charge in [-0.15, -0.1) is 0 Å². The lowest BCUT2D eigenvalue weighted by Crippen LogP contribution is -2.48. The Morgan fingerprint density at radius 3 is 2.46 bits per heavy atom. The molecule has 0 aromatic heterocycles. The van der Waals surface area contributed by atoms with Crippen LogP contribution in [0.25, 0.3) is 0 Å². The van der Waals surface area contributed by atoms with E-state index in [1.165, 1.54) is 0 Å². The van der Waals surface area contributed by atoms with Crippen molar-refractivity contribution in [1.29, 1.82) is 0 Å². The first kappa shape index (κ1) is 20.1. The van der Waals surface area contributed by atoms with Crippen molar-refractivity contribution in [3.8, 4) is 5.75 Å². The molecule has 0 N–H and O–H groups in total. The molecule has 1 unspecified atom stereocenters. The molecule has 0 saturated carbocycles. The summed E-state index contributed by atoms with van der Waals surface area (Å²) in [5.41, 5.74) is 0.578. The highest BCUT2D eigenvalue weighted by Gasteiger charge is 2.37. The van der Waals surface area contributed by atoms with Crippen LogP contribution in [0.2, 0.25) is 0 Å². The van der Waals surface area contributed by atoms with E-state index in [1.54, 1.807) is 24.0 Å². The molecule has 0 bridgehead atoms. The summed E-state index contributed by atoms with van der Waals surface area (Å²) in [5, 5.41) is 0. The number of ether oxygens (including phenoxy) is 2. The molecule has 144 valence electrons. The fourth-order valence-corrected chi connectivity index (χ4v) is 3.02. The van der Waals surface area contributed by atoms with Crippen molar-refractivity contribution in [2.24, 2.45) is 0 Å². The Labute approximate surface area is 156 Å². The number of carbonyl (C=O) groups excluding carboxylic acids is 2. The summed E-state index contributed by atoms with van der Waals surface area (Å²) in [5.74, 6) is 0.791. The van der Waals surface area contributed by atoms with Crippen LogP contribution in [0, 0.1) is 0 Å². The minimum atomic E-state index is -0.562. The second-order valence-corrected chi connectivity index (χ2v) is 7.69. The van der Waals surface area contributed by atoms with Gasteiger partial charge in [0.2, 0.25) is 5.91 Å². The molecule has 0 aliphatic carbocycles. The number of likely N-dealkylation sites (tertiary alicyclic amines) is 1. The molecule has 1 aromatic carbocycles. The van der Waals surface area contributed by atoms with Crippen LogP contribution in [0.1, 0.15) is 39.2 Å². The molecule has 1 heterocycles. The number of methoxy groups -OCH3 is 1. The first-order valence-electron chi connectivity index (χ1n) is 9.09. The van der Waals surface area contributed by atoms with Crippen LogP contribution in [0.4, 0.5) is 4.79 Å². The molecule has 2 rings (SSSR count). The van der Waals surface area contributed by atoms with Gasteiger partial charge in [-0.25, -0.2) is 4.79 Å². The number of nitrogens with zero attached hydrogens (tertiary/aromatic N) is 2. The van der Waals surface area contributed by atoms with E-state index in [4.69, 9.17) is 9.47 Å². The smallest absolute Gasteiger partial charge is 0.410 e. The van der Waals surface area contributed by atoms with Gasteiger partial charge in [0.25, 0.3) is 0 Å². The average Bonchev–Trinajstić information content (AvgIpc) is 3.07. The average molecular weight is 362 g/mol. The largest absolute Gasteiger partial charge is 0.497 e. The van der Waals surface area contributed by atoms with E-state index in [-0.39, 0.29) is 5.91 Å². The van der Waals surface area contributed by atoms with Crippen molar-refractivity contribution in [2.75, 3.05) is 27.2 Å². The van der Waals surface area contributed by atoms with E-state index in [1.807, 2.05) is 45.0 Å². The van der Waals surface area contributed by atoms with E-state index in [9.17, 15) is 9.59 Å². The molecule has 1 aliphatic heterocycles. The summed E-state index contributed by atoms with van der Waals surface area (Å²) >= 11 is 0. The van der Waals surface area contributed by atoms with Crippen LogP contribution in [-0.4, -0.2) is 60.7 Å². The molecule has 1 fully saturated rings. The fraction of sp³-hybridized carbons (Fsp3) is 0.600. The number of hydrogen-bond donors (Lipinski definition) is 0. The van der Waals surface area contributed by atoms with Gasteiger partial charge in [0.15, 0.2) is 0 Å². The minimum Gasteiger partial charge on any atom is -0.497 e. The lowest BCUT2D eigenvalue weighted by molar-refractivity contribution is -0.134. The first-order chi connectivity index (χ1) is 12.2. The molecule has 0 radical (unpaired) electrons. The van der Waals surface area contributed by atoms with Gasteiger partial charge < -0.3 is 14.4 Å². The summed E-state index contributed by atoms with van der Waals surface area (Å²) in [6, 6.07) is 7.40. The highest BCUT2D eigenvalue weighted by molar-refractivity contribution is 5.86. The Morgan fingerprint density at radius 1 is 1.23 bits per heavy atom. The number of hydrogen-bond acceptors (Lipinski definition) is 4. The van der Waals surface area contributed by atoms with Crippen LogP contribution >= 0.6 is 0 Å². The molecule has 1 aliphatic rings. The molecular formula is C20H30N2O4. The van der Waals surface area contributed by atoms with Crippen LogP contribution in [-0.2, 0) is 16.0 Å². The molecular weight excluding hydrogens is 332 g/mol. The Morgan fingerprint density at radius 2 is 1.88 bits per heavy atom. The number of amides is 2. The lowest BCUT2D eigenvalue weighted by Gasteiger charge is -2.30. The number of rotatable bonds is 5. The summed E-state index contributed by atoms with van der Waals surface area (Å²) in [6.07, 6.45) is 1.86. The van der Waals surface area contributed by atoms with Gasteiger partial charge in [0.1, 0.15) is 17.4 Å². The van der Waals surface area contributed by atoms with Crippen LogP contribution in [0.3, 0.4) is 0 Å². The zero-order valence-corrected chi connectivity index (χ0v) is 16.4. The Bertz CT molecular complexity index is 622. The summed E-state index contributed by atoms with van der Waals surface area (Å²) in [4.78, 5) is 28.4. The van der Waals surface area contributed by atoms with Crippen molar-refractivity contribution >= 4 is 12.0 Å². The maximum absolute atomic E-state index is 12.8. The predicted octanol–water partition coefficient (Wildman–Crippen LogP) is 3.10. The molecule has 6 heteroatoms.